The van der Waals surface area contributed by atoms with Crippen LogP contribution in [-0.4, -0.2) is 230 Å². The van der Waals surface area contributed by atoms with Crippen molar-refractivity contribution in [3.63, 3.8) is 0 Å². The van der Waals surface area contributed by atoms with Crippen molar-refractivity contribution in [2.24, 2.45) is 30.8 Å². The fourth-order valence-electron chi connectivity index (χ4n) is 4.07. The first-order valence-corrected chi connectivity index (χ1v) is 53.6. The summed E-state index contributed by atoms with van der Waals surface area (Å²) in [6.07, 6.45) is 31.0. The summed E-state index contributed by atoms with van der Waals surface area (Å²) in [5.41, 5.74) is 14.5. The smallest absolute Gasteiger partial charge is 0.302 e. The highest BCUT2D eigenvalue weighted by molar-refractivity contribution is 7.92. The second-order valence-electron chi connectivity index (χ2n) is 39.4. The highest BCUT2D eigenvalue weighted by Crippen LogP contribution is 2.27. The molecule has 0 aromatic heterocycles. The lowest BCUT2D eigenvalue weighted by Crippen LogP contribution is -2.26. The Morgan fingerprint density at radius 3 is 0.683 bits per heavy atom. The number of rotatable bonds is 7. The van der Waals surface area contributed by atoms with Gasteiger partial charge in [-0.1, -0.05) is 126 Å². The standard InChI is InChI=1S/C10H18.C9H18.3C7H15N.C6H10.C5H11N.3C5H12O2S.3C5H12OS.C5H10.C4H9NO.2C4H9N.C3H6O2/c1-7(2)9(5)10(6)8(3)4;1-7(2)8(3)9(4,5)6;1-6(8-5)7(2,3)4;1-6(2)7(3)8(4)5;1-6(2)8-7(3,4)5;1-3-5-6-4-2;1-4-5-6(2)3;3*1-5(2,3)8(4,6)7;3*1-5(2,3)7(4)6;1-3-5-4-2;1-4(6)5(2)3;1-3-4-5-2;1-3-5-4-2;1-3(4)5-2/h1-6H3;1-6H3;3*1-5H3;3-6H,1-2H3;4-5H,1-3H3;3*1-4H3;3*1-4H3;3,5H,4H2,1-2H3;1-3H3;4H,3H2,1-2H3;3H,4H2,1-2H3;1-2H3/b;;;;;5-3-,6-4-;5-4-;;;;;;;5-3-;;;;. The summed E-state index contributed by atoms with van der Waals surface area (Å²) in [6, 6.07) is 0. The number of allylic oxidation sites excluding steroid dienone is 15. The predicted octanol–water partition coefficient (Wildman–Crippen LogP) is 27.0. The van der Waals surface area contributed by atoms with Crippen LogP contribution >= 0.6 is 0 Å². The maximum Gasteiger partial charge on any atom is 0.302 e. The van der Waals surface area contributed by atoms with Crippen molar-refractivity contribution in [1.82, 2.24) is 14.7 Å². The third-order valence-corrected chi connectivity index (χ3v) is 28.1. The van der Waals surface area contributed by atoms with Crippen molar-refractivity contribution in [3.8, 4) is 0 Å². The first kappa shape index (κ1) is 165. The molecule has 0 saturated carbocycles. The zero-order chi connectivity index (χ0) is 107. The third kappa shape index (κ3) is 163. The molecular weight excluding hydrogens is 1700 g/mol. The summed E-state index contributed by atoms with van der Waals surface area (Å²) in [7, 11) is 5.96. The summed E-state index contributed by atoms with van der Waals surface area (Å²) >= 11 is 0. The first-order valence-electron chi connectivity index (χ1n) is 43.2. The molecule has 0 fully saturated rings. The van der Waals surface area contributed by atoms with Gasteiger partial charge in [-0.3, -0.25) is 37.2 Å². The highest BCUT2D eigenvalue weighted by atomic mass is 32.2. The van der Waals surface area contributed by atoms with Crippen molar-refractivity contribution in [1.29, 1.82) is 0 Å². The number of hydrogen-bond donors (Lipinski definition) is 0. The Hall–Kier alpha value is -4.56. The number of amides is 1. The molecule has 3 atom stereocenters. The maximum absolute atomic E-state index is 10.7. The minimum absolute atomic E-state index is 0.0278. The Morgan fingerprint density at radius 2 is 0.667 bits per heavy atom. The Balaban J connectivity index is -0.0000000615. The van der Waals surface area contributed by atoms with E-state index < -0.39 is 76.2 Å². The molecule has 0 spiro atoms. The minimum atomic E-state index is -2.84. The molecule has 0 rings (SSSR count). The van der Waals surface area contributed by atoms with Gasteiger partial charge in [0.25, 0.3) is 0 Å². The topological polar surface area (TPSA) is 256 Å². The third-order valence-electron chi connectivity index (χ3n) is 16.3. The Morgan fingerprint density at radius 1 is 0.413 bits per heavy atom. The summed E-state index contributed by atoms with van der Waals surface area (Å²) in [5.74, 6) is -0.153. The average Bonchev–Trinajstić information content (AvgIpc) is 0.879. The van der Waals surface area contributed by atoms with Gasteiger partial charge in [0.15, 0.2) is 29.5 Å². The lowest BCUT2D eigenvalue weighted by atomic mass is 9.85. The molecule has 0 saturated heterocycles. The second kappa shape index (κ2) is 88.4. The molecule has 0 aliphatic carbocycles. The van der Waals surface area contributed by atoms with Gasteiger partial charge in [0.05, 0.1) is 26.9 Å². The van der Waals surface area contributed by atoms with Gasteiger partial charge in [-0.25, -0.2) is 25.3 Å². The zero-order valence-corrected chi connectivity index (χ0v) is 101. The number of carbonyl (C=O) groups excluding carboxylic acids is 2. The Bertz CT molecular complexity index is 3280. The lowest BCUT2D eigenvalue weighted by Gasteiger charge is -2.20. The monoisotopic (exact) mass is 1910 g/mol. The molecule has 0 bridgehead atoms. The van der Waals surface area contributed by atoms with Gasteiger partial charge >= 0.3 is 5.97 Å². The molecule has 0 aromatic rings. The van der Waals surface area contributed by atoms with Crippen LogP contribution in [0.25, 0.3) is 0 Å². The van der Waals surface area contributed by atoms with Crippen molar-refractivity contribution >= 4 is 97.6 Å². The van der Waals surface area contributed by atoms with Crippen LogP contribution in [0.4, 0.5) is 0 Å². The van der Waals surface area contributed by atoms with E-state index in [9.17, 15) is 47.5 Å². The van der Waals surface area contributed by atoms with Gasteiger partial charge in [-0.15, -0.1) is 0 Å². The molecule has 0 N–H and O–H groups in total. The molecule has 25 heteroatoms. The number of methoxy groups -OCH3 is 1. The van der Waals surface area contributed by atoms with E-state index in [0.717, 1.165) is 25.1 Å². The van der Waals surface area contributed by atoms with Gasteiger partial charge in [0, 0.05) is 178 Å². The number of ether oxygens (including phenoxy) is 1. The summed E-state index contributed by atoms with van der Waals surface area (Å²) in [5, 5.41) is 0. The van der Waals surface area contributed by atoms with Crippen LogP contribution in [0.2, 0.25) is 0 Å². The number of hydrogen-bond acceptors (Lipinski definition) is 18. The van der Waals surface area contributed by atoms with Crippen molar-refractivity contribution in [3.05, 3.63) is 93.4 Å². The SMILES string of the molecule is C/C=C\C=C/C.C/C=C\CC.C/C=C\N(C)C.CC(=O)N(C)C.CC(C)(C)S(C)(=O)=O.CC(C)(C)S(C)(=O)=O.CC(C)(C)S(C)(=O)=O.CC(C)=C(C)C(C)(C)C.CC(C)=C(C)C(C)=C(C)C.CC(C)=C(C)N(C)C.CC(C)=NC(C)(C)C.CC=NCC.CCC=NC.CN=C(C)C(C)(C)C.COC(C)=O.CS(=O)C(C)(C)C.CS(=O)C(C)(C)C.CS(=O)C(C)(C)C. The van der Waals surface area contributed by atoms with Gasteiger partial charge in [-0.2, -0.15) is 0 Å². The van der Waals surface area contributed by atoms with Crippen LogP contribution in [0, 0.1) is 10.8 Å². The number of esters is 1. The van der Waals surface area contributed by atoms with Crippen LogP contribution in [0.15, 0.2) is 113 Å². The highest BCUT2D eigenvalue weighted by Gasteiger charge is 2.25. The van der Waals surface area contributed by atoms with E-state index in [1.54, 1.807) is 108 Å². The minimum Gasteiger partial charge on any atom is -0.469 e. The fourth-order valence-corrected chi connectivity index (χ4v) is 4.07. The van der Waals surface area contributed by atoms with Crippen LogP contribution in [0.5, 0.6) is 0 Å². The molecule has 764 valence electrons. The fraction of sp³-hybridized carbons (Fsp3) is 0.782. The number of sulfone groups is 3. The first-order chi connectivity index (χ1) is 55.2. The number of aliphatic imine (C=N–C) groups is 4. The Kier molecular flexibility index (Phi) is 115. The lowest BCUT2D eigenvalue weighted by molar-refractivity contribution is -0.138. The molecule has 1 amide bonds. The largest absolute Gasteiger partial charge is 0.469 e. The zero-order valence-electron chi connectivity index (χ0n) is 95.9. The molecule has 0 radical (unpaired) electrons. The Labute approximate surface area is 797 Å². The van der Waals surface area contributed by atoms with Crippen LogP contribution in [-0.2, 0) is 76.2 Å². The van der Waals surface area contributed by atoms with Gasteiger partial charge in [0.2, 0.25) is 5.91 Å². The molecule has 0 aliphatic heterocycles. The molecule has 3 unspecified atom stereocenters. The summed E-state index contributed by atoms with van der Waals surface area (Å²) < 4.78 is 97.9. The van der Waals surface area contributed by atoms with Crippen LogP contribution in [0.3, 0.4) is 0 Å². The quantitative estimate of drug-likeness (QED) is 0.0994. The van der Waals surface area contributed by atoms with Gasteiger partial charge < -0.3 is 24.4 Å². The van der Waals surface area contributed by atoms with Crippen molar-refractivity contribution in [2.45, 2.75) is 407 Å². The summed E-state index contributed by atoms with van der Waals surface area (Å²) in [6.45, 7) is 104. The van der Waals surface area contributed by atoms with E-state index in [0.29, 0.717) is 5.41 Å². The molecular formula is C101H217N7O12S6. The second-order valence-corrected chi connectivity index (χ2v) is 54.1. The molecule has 0 heterocycles. The predicted molar refractivity (Wildman–Crippen MR) is 586 cm³/mol. The van der Waals surface area contributed by atoms with Crippen LogP contribution in [0.1, 0.15) is 373 Å². The number of nitrogens with zero attached hydrogens (tertiary/aromatic N) is 7. The molecule has 126 heavy (non-hydrogen) atoms. The summed E-state index contributed by atoms with van der Waals surface area (Å²) in [4.78, 5) is 41.3. The number of carbonyl (C=O) groups is 2. The van der Waals surface area contributed by atoms with E-state index in [1.165, 1.54) is 95.0 Å². The molecule has 0 aliphatic rings. The van der Waals surface area contributed by atoms with E-state index in [2.05, 4.69) is 222 Å². The van der Waals surface area contributed by atoms with Gasteiger partial charge in [-0.05, 0) is 344 Å². The van der Waals surface area contributed by atoms with Gasteiger partial charge in [0.1, 0.15) is 0 Å². The molecule has 19 nitrogen and oxygen atoms in total. The van der Waals surface area contributed by atoms with Crippen molar-refractivity contribution < 1.29 is 52.2 Å². The van der Waals surface area contributed by atoms with E-state index >= 15 is 0 Å². The van der Waals surface area contributed by atoms with E-state index in [-0.39, 0.29) is 37.1 Å². The maximum atomic E-state index is 10.7. The normalized spacial score (nSPS) is 12.0. The van der Waals surface area contributed by atoms with E-state index in [4.69, 9.17) is 0 Å². The van der Waals surface area contributed by atoms with E-state index in [1.807, 2.05) is 187 Å². The average molecular weight is 1910 g/mol. The molecule has 0 aromatic carbocycles. The van der Waals surface area contributed by atoms with Crippen LogP contribution < -0.4 is 0 Å². The van der Waals surface area contributed by atoms with Crippen molar-refractivity contribution in [2.75, 3.05) is 108 Å².